The van der Waals surface area contributed by atoms with Crippen molar-refractivity contribution < 1.29 is 113 Å². The standard InChI is InChI=1S/C85H98Cl3N11O23/c1-37(2)26-52(90-6)77(110)97-67-70(105)44-17-22-56(50(87)28-44)118-58-30-46-31-59(74(58)122-84-75(73(108)72(107)60(36-100)120-84)121-62-34-85(5,76(109)39(4)117-62)92-35-40-10-12-41(13-11-40)42-14-19-47(86)20-15-42)119-57-23-18-45(29-51(57)88)71(106)68-83(116)96-66(79(112)91-24-9-25-99(7)8)49-32-55(102)38(3)69(104)63(49)48-27-43(16-21-54(48)101)64(80(113)98-68)95-81(114)65(46)94-78(111)53(33-61(89)103)93-82(67)115/h10-23,27-32,37,39,52-53,60,62,64-68,70-73,75-76,84,90,92,100-102,104-109H,9,24-26,33-36H2,1-8H3,(H2,89,103)(H,91,112)(H,93,115)(H,94,111)(H,95,114)(H,96,116)(H,97,110)(H,98,113)/t39-,52+,53-,60+,62-,64+,65+,66-,67+,68-,70+,71+,72+,73-,75+,76+,84-,85-/m0/s1. The Morgan fingerprint density at radius 3 is 1.90 bits per heavy atom. The fourth-order valence-electron chi connectivity index (χ4n) is 15.3. The molecule has 11 bridgehead atoms. The van der Waals surface area contributed by atoms with Crippen LogP contribution in [0.15, 0.2) is 121 Å². The minimum absolute atomic E-state index is 0.00219. The highest BCUT2D eigenvalue weighted by molar-refractivity contribution is 6.32. The van der Waals surface area contributed by atoms with E-state index in [1.165, 1.54) is 38.2 Å². The zero-order valence-corrected chi connectivity index (χ0v) is 69.8. The normalized spacial score (nSPS) is 26.4. The van der Waals surface area contributed by atoms with Gasteiger partial charge >= 0.3 is 0 Å². The Morgan fingerprint density at radius 1 is 0.689 bits per heavy atom. The zero-order chi connectivity index (χ0) is 88.2. The Balaban J connectivity index is 1.04. The third kappa shape index (κ3) is 20.2. The molecule has 0 saturated carbocycles. The molecule has 2 saturated heterocycles. The van der Waals surface area contributed by atoms with E-state index in [0.717, 1.165) is 65.2 Å². The van der Waals surface area contributed by atoms with Crippen LogP contribution in [-0.2, 0) is 59.1 Å². The SMILES string of the molecule is CN[C@H](CC(C)C)C(=O)N[C@H]1C(=O)N[C@@H](CC(N)=O)C(=O)N[C@H]2C(=O)N[C@H]3C(=O)N[C@H](C(=O)N[C@H](C(=O)NCCCN(C)C)c4cc(O)c(C)c(O)c4-c4cc3ccc4O)[C@H](O)c3ccc(c(Cl)c3)Oc3cc2cc(c3O[C@@H]2O[C@H](CO)[C@@H](O)[C@H](O)[C@H]2O[C@H]2C[C@](C)(NCc3ccc(-c4ccc(Cl)cc4)cc3)[C@H](O)[C@H](C)O2)Oc2ccc(cc2Cl)[C@H]1O. The van der Waals surface area contributed by atoms with E-state index >= 15 is 24.0 Å². The van der Waals surface area contributed by atoms with Crippen molar-refractivity contribution >= 4 is 82.1 Å². The number of nitrogens with one attached hydrogen (secondary N) is 9. The third-order valence-electron chi connectivity index (χ3n) is 22.1. The molecule has 7 aliphatic heterocycles. The minimum Gasteiger partial charge on any atom is -0.508 e. The lowest BCUT2D eigenvalue weighted by atomic mass is 9.84. The number of fused-ring (bicyclic) bond motifs is 15. The number of aromatic hydroxyl groups is 3. The molecular formula is C85H98Cl3N11O23. The van der Waals surface area contributed by atoms with E-state index in [1.807, 2.05) is 55.1 Å². The molecule has 2 fully saturated rings. The second kappa shape index (κ2) is 38.5. The molecule has 0 unspecified atom stereocenters. The number of amides is 8. The molecule has 20 N–H and O–H groups in total. The number of primary amides is 1. The number of carbonyl (C=O) groups excluding carboxylic acids is 8. The summed E-state index contributed by atoms with van der Waals surface area (Å²) in [7, 11) is 5.09. The summed E-state index contributed by atoms with van der Waals surface area (Å²) >= 11 is 20.6. The van der Waals surface area contributed by atoms with Gasteiger partial charge in [0.2, 0.25) is 59.3 Å². The lowest BCUT2D eigenvalue weighted by Gasteiger charge is -2.48. The number of ether oxygens (including phenoxy) is 6. The smallest absolute Gasteiger partial charge is 0.248 e. The van der Waals surface area contributed by atoms with Gasteiger partial charge in [-0.15, -0.1) is 0 Å². The van der Waals surface area contributed by atoms with Crippen LogP contribution in [0, 0.1) is 12.8 Å². The predicted molar refractivity (Wildman–Crippen MR) is 442 cm³/mol. The summed E-state index contributed by atoms with van der Waals surface area (Å²) in [6.07, 6.45) is -18.2. The molecule has 7 aromatic carbocycles. The van der Waals surface area contributed by atoms with Crippen molar-refractivity contribution in [3.8, 4) is 68.2 Å². The summed E-state index contributed by atoms with van der Waals surface area (Å²) in [6, 6.07) is 14.7. The molecule has 7 heterocycles. The van der Waals surface area contributed by atoms with Crippen LogP contribution in [0.2, 0.25) is 15.1 Å². The Labute approximate surface area is 716 Å². The van der Waals surface area contributed by atoms with E-state index in [0.29, 0.717) is 18.0 Å². The summed E-state index contributed by atoms with van der Waals surface area (Å²) in [5, 5.41) is 132. The first-order chi connectivity index (χ1) is 57.9. The number of benzene rings is 7. The average molecular weight is 1750 g/mol. The number of rotatable bonds is 21. The van der Waals surface area contributed by atoms with Crippen molar-refractivity contribution in [1.29, 1.82) is 0 Å². The lowest BCUT2D eigenvalue weighted by molar-refractivity contribution is -0.334. The molecule has 652 valence electrons. The molecule has 122 heavy (non-hydrogen) atoms. The topological polar surface area (TPSA) is 512 Å². The number of aliphatic hydroxyl groups excluding tert-OH is 6. The second-order valence-electron chi connectivity index (χ2n) is 31.7. The van der Waals surface area contributed by atoms with Crippen LogP contribution >= 0.6 is 34.8 Å². The molecule has 18 atom stereocenters. The van der Waals surface area contributed by atoms with Crippen molar-refractivity contribution in [3.63, 3.8) is 0 Å². The maximum Gasteiger partial charge on any atom is 0.248 e. The predicted octanol–water partition coefficient (Wildman–Crippen LogP) is 4.55. The van der Waals surface area contributed by atoms with E-state index in [9.17, 15) is 60.3 Å². The van der Waals surface area contributed by atoms with Crippen LogP contribution in [0.25, 0.3) is 22.3 Å². The molecule has 0 spiro atoms. The van der Waals surface area contributed by atoms with Crippen LogP contribution in [-0.4, -0.2) is 218 Å². The van der Waals surface area contributed by atoms with Crippen molar-refractivity contribution in [2.75, 3.05) is 40.8 Å². The van der Waals surface area contributed by atoms with Gasteiger partial charge in [-0.1, -0.05) is 103 Å². The molecule has 0 aliphatic carbocycles. The zero-order valence-electron chi connectivity index (χ0n) is 67.5. The maximum absolute atomic E-state index is 16.4. The highest BCUT2D eigenvalue weighted by atomic mass is 35.5. The number of hydrogen-bond donors (Lipinski definition) is 19. The number of phenols is 3. The Morgan fingerprint density at radius 2 is 1.30 bits per heavy atom. The van der Waals surface area contributed by atoms with Gasteiger partial charge in [-0.2, -0.15) is 0 Å². The van der Waals surface area contributed by atoms with Gasteiger partial charge in [0.05, 0.1) is 41.3 Å². The Bertz CT molecular complexity index is 5090. The number of halogens is 3. The number of phenolic OH excluding ortho intramolecular Hbond substituents is 3. The fourth-order valence-corrected chi connectivity index (χ4v) is 15.8. The van der Waals surface area contributed by atoms with Crippen molar-refractivity contribution in [2.45, 2.75) is 176 Å². The van der Waals surface area contributed by atoms with Gasteiger partial charge in [0.25, 0.3) is 0 Å². The summed E-state index contributed by atoms with van der Waals surface area (Å²) in [6.45, 7) is 7.98. The van der Waals surface area contributed by atoms with Crippen molar-refractivity contribution in [2.24, 2.45) is 11.7 Å². The lowest BCUT2D eigenvalue weighted by Crippen LogP contribution is -2.65. The highest BCUT2D eigenvalue weighted by Crippen LogP contribution is 2.51. The Kier molecular flexibility index (Phi) is 28.6. The van der Waals surface area contributed by atoms with Crippen LogP contribution in [0.4, 0.5) is 0 Å². The molecule has 37 heteroatoms. The van der Waals surface area contributed by atoms with Gasteiger partial charge in [-0.3, -0.25) is 38.4 Å². The van der Waals surface area contributed by atoms with Crippen molar-refractivity contribution in [3.05, 3.63) is 175 Å². The van der Waals surface area contributed by atoms with Gasteiger partial charge in [0.15, 0.2) is 23.9 Å². The first kappa shape index (κ1) is 90.7. The summed E-state index contributed by atoms with van der Waals surface area (Å²) < 4.78 is 39.8. The van der Waals surface area contributed by atoms with Gasteiger partial charge in [-0.25, -0.2) is 0 Å². The second-order valence-corrected chi connectivity index (χ2v) is 32.9. The monoisotopic (exact) mass is 1750 g/mol. The van der Waals surface area contributed by atoms with Crippen LogP contribution in [0.5, 0.6) is 46.0 Å². The van der Waals surface area contributed by atoms with E-state index in [4.69, 9.17) is 69.0 Å². The van der Waals surface area contributed by atoms with E-state index in [1.54, 1.807) is 40.1 Å². The first-order valence-electron chi connectivity index (χ1n) is 39.4. The van der Waals surface area contributed by atoms with E-state index in [2.05, 4.69) is 47.9 Å². The summed E-state index contributed by atoms with van der Waals surface area (Å²) in [5.41, 5.74) is 4.82. The number of carbonyl (C=O) groups is 8. The van der Waals surface area contributed by atoms with Crippen LogP contribution in [0.1, 0.15) is 123 Å². The van der Waals surface area contributed by atoms with Gasteiger partial charge < -0.3 is 133 Å². The number of hydrogen-bond acceptors (Lipinski definition) is 26. The van der Waals surface area contributed by atoms with E-state index < -0.39 is 215 Å². The highest BCUT2D eigenvalue weighted by Gasteiger charge is 2.52. The van der Waals surface area contributed by atoms with Gasteiger partial charge in [0.1, 0.15) is 95.5 Å². The molecule has 14 rings (SSSR count). The van der Waals surface area contributed by atoms with Crippen molar-refractivity contribution in [1.82, 2.24) is 52.8 Å². The third-order valence-corrected chi connectivity index (χ3v) is 22.9. The van der Waals surface area contributed by atoms with Crippen LogP contribution in [0.3, 0.4) is 0 Å². The molecule has 8 amide bonds. The molecular weight excluding hydrogens is 1650 g/mol. The largest absolute Gasteiger partial charge is 0.508 e. The molecule has 34 nitrogen and oxygen atoms in total. The molecule has 7 aliphatic rings. The summed E-state index contributed by atoms with van der Waals surface area (Å²) in [4.78, 5) is 123. The van der Waals surface area contributed by atoms with E-state index in [-0.39, 0.29) is 87.3 Å². The maximum atomic E-state index is 16.4. The number of likely N-dealkylation sites (N-methyl/N-ethyl adjacent to an activating group) is 1. The fraction of sp³-hybridized carbons (Fsp3) is 0.412. The number of aliphatic hydroxyl groups is 6. The minimum atomic E-state index is -2.35. The quantitative estimate of drug-likeness (QED) is 0.0439. The first-order valence-corrected chi connectivity index (χ1v) is 40.5. The molecule has 0 radical (unpaired) electrons. The number of nitrogens with two attached hydrogens (primary N) is 1. The average Bonchev–Trinajstić information content (AvgIpc) is 0.726. The molecule has 0 aromatic heterocycles. The summed E-state index contributed by atoms with van der Waals surface area (Å²) in [5.74, 6) is -14.4. The molecule has 7 aromatic rings. The van der Waals surface area contributed by atoms with Crippen LogP contribution < -0.4 is 67.8 Å². The number of nitrogens with zero attached hydrogens (tertiary/aromatic N) is 1. The van der Waals surface area contributed by atoms with Gasteiger partial charge in [0, 0.05) is 46.8 Å². The van der Waals surface area contributed by atoms with Gasteiger partial charge in [-0.05, 0) is 178 Å². The Hall–Kier alpha value is -10.5.